The maximum atomic E-state index is 13.6. The zero-order chi connectivity index (χ0) is 20.6. The molecule has 6 nitrogen and oxygen atoms in total. The van der Waals surface area contributed by atoms with Crippen molar-refractivity contribution in [1.29, 1.82) is 0 Å². The Bertz CT molecular complexity index is 993. The number of aromatic nitrogens is 2. The van der Waals surface area contributed by atoms with E-state index in [0.717, 1.165) is 17.7 Å². The highest BCUT2D eigenvalue weighted by atomic mass is 35.5. The Labute approximate surface area is 172 Å². The van der Waals surface area contributed by atoms with E-state index in [9.17, 15) is 8.78 Å². The summed E-state index contributed by atoms with van der Waals surface area (Å²) in [6, 6.07) is 10.6. The van der Waals surface area contributed by atoms with E-state index in [0.29, 0.717) is 54.2 Å². The van der Waals surface area contributed by atoms with Crippen molar-refractivity contribution >= 4 is 17.6 Å². The number of nitrogens with one attached hydrogen (secondary N) is 2. The Kier molecular flexibility index (Phi) is 7.13. The molecule has 0 spiro atoms. The van der Waals surface area contributed by atoms with Gasteiger partial charge in [0, 0.05) is 37.1 Å². The second-order valence-electron chi connectivity index (χ2n) is 6.18. The van der Waals surface area contributed by atoms with Crippen molar-refractivity contribution in [1.82, 2.24) is 20.8 Å². The molecule has 0 aliphatic rings. The number of guanidine groups is 1. The zero-order valence-corrected chi connectivity index (χ0v) is 16.5. The van der Waals surface area contributed by atoms with Crippen molar-refractivity contribution in [2.45, 2.75) is 12.8 Å². The lowest BCUT2D eigenvalue weighted by Crippen LogP contribution is -2.39. The molecule has 152 valence electrons. The number of hydrogen-bond donors (Lipinski definition) is 2. The molecule has 0 aliphatic carbocycles. The molecule has 0 atom stereocenters. The molecular formula is C20H20ClF2N5O. The van der Waals surface area contributed by atoms with Gasteiger partial charge in [-0.25, -0.2) is 8.78 Å². The van der Waals surface area contributed by atoms with Crippen LogP contribution < -0.4 is 10.6 Å². The van der Waals surface area contributed by atoms with Crippen LogP contribution in [0.25, 0.3) is 11.4 Å². The number of benzene rings is 2. The molecule has 0 unspecified atom stereocenters. The van der Waals surface area contributed by atoms with Crippen molar-refractivity contribution < 1.29 is 13.3 Å². The first-order valence-corrected chi connectivity index (χ1v) is 9.40. The lowest BCUT2D eigenvalue weighted by atomic mass is 10.1. The number of halogens is 3. The van der Waals surface area contributed by atoms with Crippen LogP contribution in [0.1, 0.15) is 11.5 Å². The van der Waals surface area contributed by atoms with Crippen LogP contribution in [0.3, 0.4) is 0 Å². The van der Waals surface area contributed by atoms with E-state index in [2.05, 4.69) is 25.8 Å². The van der Waals surface area contributed by atoms with Gasteiger partial charge >= 0.3 is 0 Å². The third-order valence-electron chi connectivity index (χ3n) is 4.10. The molecule has 29 heavy (non-hydrogen) atoms. The van der Waals surface area contributed by atoms with E-state index >= 15 is 0 Å². The van der Waals surface area contributed by atoms with Crippen LogP contribution in [-0.2, 0) is 12.8 Å². The summed E-state index contributed by atoms with van der Waals surface area (Å²) >= 11 is 5.98. The molecule has 1 heterocycles. The van der Waals surface area contributed by atoms with Crippen LogP contribution in [0.15, 0.2) is 52.0 Å². The van der Waals surface area contributed by atoms with Gasteiger partial charge in [-0.05, 0) is 42.3 Å². The molecule has 0 saturated heterocycles. The number of aliphatic imine (C=N–C) groups is 1. The highest BCUT2D eigenvalue weighted by Gasteiger charge is 2.09. The standard InChI is InChI=1S/C20H20ClF2N5O/c1-24-20(25-9-7-13-12-16(22)5-6-17(13)23)26-10-8-18-27-19(28-29-18)14-3-2-4-15(21)11-14/h2-6,11-12H,7-10H2,1H3,(H2,24,25,26). The van der Waals surface area contributed by atoms with Gasteiger partial charge < -0.3 is 15.2 Å². The van der Waals surface area contributed by atoms with Crippen LogP contribution in [0.5, 0.6) is 0 Å². The third kappa shape index (κ3) is 5.99. The summed E-state index contributed by atoms with van der Waals surface area (Å²) in [6.07, 6.45) is 0.823. The first-order valence-electron chi connectivity index (χ1n) is 9.02. The Hall–Kier alpha value is -3.00. The minimum absolute atomic E-state index is 0.312. The molecular weight excluding hydrogens is 400 g/mol. The number of nitrogens with zero attached hydrogens (tertiary/aromatic N) is 3. The van der Waals surface area contributed by atoms with Gasteiger partial charge in [0.15, 0.2) is 5.96 Å². The summed E-state index contributed by atoms with van der Waals surface area (Å²) < 4.78 is 32.1. The summed E-state index contributed by atoms with van der Waals surface area (Å²) in [5.74, 6) is 0.604. The second kappa shape index (κ2) is 9.97. The predicted octanol–water partition coefficient (Wildman–Crippen LogP) is 3.62. The van der Waals surface area contributed by atoms with E-state index in [1.54, 1.807) is 19.2 Å². The fraction of sp³-hybridized carbons (Fsp3) is 0.250. The number of hydrogen-bond acceptors (Lipinski definition) is 4. The Morgan fingerprint density at radius 1 is 1.10 bits per heavy atom. The average molecular weight is 420 g/mol. The quantitative estimate of drug-likeness (QED) is 0.452. The molecule has 0 fully saturated rings. The molecule has 3 rings (SSSR count). The van der Waals surface area contributed by atoms with E-state index in [1.165, 1.54) is 6.07 Å². The van der Waals surface area contributed by atoms with Crippen LogP contribution >= 0.6 is 11.6 Å². The molecule has 0 saturated carbocycles. The normalized spacial score (nSPS) is 11.5. The molecule has 2 N–H and O–H groups in total. The van der Waals surface area contributed by atoms with Gasteiger partial charge in [0.1, 0.15) is 11.6 Å². The molecule has 0 bridgehead atoms. The number of rotatable bonds is 7. The van der Waals surface area contributed by atoms with Gasteiger partial charge in [-0.15, -0.1) is 0 Å². The molecule has 1 aromatic heterocycles. The van der Waals surface area contributed by atoms with Crippen LogP contribution in [0.2, 0.25) is 5.02 Å². The lowest BCUT2D eigenvalue weighted by molar-refractivity contribution is 0.378. The summed E-state index contributed by atoms with van der Waals surface area (Å²) in [5.41, 5.74) is 1.09. The summed E-state index contributed by atoms with van der Waals surface area (Å²) in [4.78, 5) is 8.45. The van der Waals surface area contributed by atoms with Crippen molar-refractivity contribution in [3.8, 4) is 11.4 Å². The van der Waals surface area contributed by atoms with Crippen LogP contribution in [-0.4, -0.2) is 36.2 Å². The lowest BCUT2D eigenvalue weighted by Gasteiger charge is -2.11. The summed E-state index contributed by atoms with van der Waals surface area (Å²) in [5, 5.41) is 10.7. The molecule has 3 aromatic rings. The summed E-state index contributed by atoms with van der Waals surface area (Å²) in [6.45, 7) is 0.907. The van der Waals surface area contributed by atoms with E-state index in [-0.39, 0.29) is 0 Å². The molecule has 0 amide bonds. The summed E-state index contributed by atoms with van der Waals surface area (Å²) in [7, 11) is 1.63. The minimum Gasteiger partial charge on any atom is -0.356 e. The van der Waals surface area contributed by atoms with Crippen molar-refractivity contribution in [2.24, 2.45) is 4.99 Å². The predicted molar refractivity (Wildman–Crippen MR) is 108 cm³/mol. The smallest absolute Gasteiger partial charge is 0.228 e. The molecule has 2 aromatic carbocycles. The monoisotopic (exact) mass is 419 g/mol. The van der Waals surface area contributed by atoms with Gasteiger partial charge in [0.2, 0.25) is 11.7 Å². The first-order chi connectivity index (χ1) is 14.0. The third-order valence-corrected chi connectivity index (χ3v) is 4.34. The Morgan fingerprint density at radius 3 is 2.66 bits per heavy atom. The Morgan fingerprint density at radius 2 is 1.90 bits per heavy atom. The van der Waals surface area contributed by atoms with Gasteiger partial charge in [-0.2, -0.15) is 4.98 Å². The maximum Gasteiger partial charge on any atom is 0.228 e. The van der Waals surface area contributed by atoms with Gasteiger partial charge in [-0.3, -0.25) is 4.99 Å². The highest BCUT2D eigenvalue weighted by molar-refractivity contribution is 6.30. The van der Waals surface area contributed by atoms with Crippen LogP contribution in [0, 0.1) is 11.6 Å². The zero-order valence-electron chi connectivity index (χ0n) is 15.8. The van der Waals surface area contributed by atoms with Gasteiger partial charge in [-0.1, -0.05) is 28.9 Å². The average Bonchev–Trinajstić information content (AvgIpc) is 3.18. The minimum atomic E-state index is -0.458. The SMILES string of the molecule is CN=C(NCCc1nc(-c2cccc(Cl)c2)no1)NCCc1cc(F)ccc1F. The molecule has 0 radical (unpaired) electrons. The largest absolute Gasteiger partial charge is 0.356 e. The first kappa shape index (κ1) is 20.7. The topological polar surface area (TPSA) is 75.3 Å². The molecule has 0 aliphatic heterocycles. The van der Waals surface area contributed by atoms with Gasteiger partial charge in [0.25, 0.3) is 0 Å². The second-order valence-corrected chi connectivity index (χ2v) is 6.62. The van der Waals surface area contributed by atoms with E-state index < -0.39 is 11.6 Å². The van der Waals surface area contributed by atoms with Crippen molar-refractivity contribution in [3.63, 3.8) is 0 Å². The van der Waals surface area contributed by atoms with Crippen molar-refractivity contribution in [2.75, 3.05) is 20.1 Å². The van der Waals surface area contributed by atoms with Crippen LogP contribution in [0.4, 0.5) is 8.78 Å². The fourth-order valence-electron chi connectivity index (χ4n) is 2.66. The van der Waals surface area contributed by atoms with Gasteiger partial charge in [0.05, 0.1) is 0 Å². The Balaban J connectivity index is 1.45. The molecule has 9 heteroatoms. The van der Waals surface area contributed by atoms with E-state index in [4.69, 9.17) is 16.1 Å². The fourth-order valence-corrected chi connectivity index (χ4v) is 2.85. The highest BCUT2D eigenvalue weighted by Crippen LogP contribution is 2.19. The maximum absolute atomic E-state index is 13.6. The van der Waals surface area contributed by atoms with Crippen molar-refractivity contribution in [3.05, 3.63) is 70.6 Å². The van der Waals surface area contributed by atoms with E-state index in [1.807, 2.05) is 12.1 Å².